The van der Waals surface area contributed by atoms with Gasteiger partial charge in [-0.2, -0.15) is 0 Å². The van der Waals surface area contributed by atoms with Crippen LogP contribution in [0.15, 0.2) is 23.1 Å². The molecule has 0 bridgehead atoms. The van der Waals surface area contributed by atoms with Gasteiger partial charge in [0.25, 0.3) is 0 Å². The van der Waals surface area contributed by atoms with Crippen molar-refractivity contribution in [1.29, 1.82) is 0 Å². The average Bonchev–Trinajstić information content (AvgIpc) is 2.58. The fourth-order valence-corrected chi connectivity index (χ4v) is 3.22. The van der Waals surface area contributed by atoms with Crippen molar-refractivity contribution in [2.24, 2.45) is 0 Å². The summed E-state index contributed by atoms with van der Waals surface area (Å²) in [6, 6.07) is 4.69. The summed E-state index contributed by atoms with van der Waals surface area (Å²) in [5.74, 6) is 1.09. The van der Waals surface area contributed by atoms with Gasteiger partial charge in [-0.15, -0.1) is 0 Å². The van der Waals surface area contributed by atoms with Crippen molar-refractivity contribution in [3.63, 3.8) is 0 Å². The van der Waals surface area contributed by atoms with E-state index in [-0.39, 0.29) is 10.9 Å². The molecule has 0 saturated carbocycles. The molecule has 0 aromatic heterocycles. The number of fused-ring (bicyclic) bond motifs is 1. The van der Waals surface area contributed by atoms with Crippen molar-refractivity contribution in [2.45, 2.75) is 17.4 Å². The molecule has 2 N–H and O–H groups in total. The maximum absolute atomic E-state index is 12.2. The summed E-state index contributed by atoms with van der Waals surface area (Å²) >= 11 is 0. The zero-order chi connectivity index (χ0) is 13.3. The number of hydrogen-bond donors (Lipinski definition) is 2. The summed E-state index contributed by atoms with van der Waals surface area (Å²) < 4.78 is 38.0. The van der Waals surface area contributed by atoms with Gasteiger partial charge in [0.2, 0.25) is 10.0 Å². The molecule has 1 fully saturated rings. The molecule has 19 heavy (non-hydrogen) atoms. The van der Waals surface area contributed by atoms with Crippen LogP contribution in [0.1, 0.15) is 6.42 Å². The van der Waals surface area contributed by atoms with Gasteiger partial charge in [0.1, 0.15) is 0 Å². The van der Waals surface area contributed by atoms with Crippen LogP contribution in [-0.4, -0.2) is 40.8 Å². The zero-order valence-corrected chi connectivity index (χ0v) is 11.2. The smallest absolute Gasteiger partial charge is 0.241 e. The van der Waals surface area contributed by atoms with E-state index in [9.17, 15) is 8.42 Å². The Labute approximate surface area is 112 Å². The molecule has 2 heterocycles. The molecule has 7 heteroatoms. The Morgan fingerprint density at radius 3 is 2.58 bits per heavy atom. The van der Waals surface area contributed by atoms with Gasteiger partial charge in [-0.3, -0.25) is 0 Å². The van der Waals surface area contributed by atoms with Crippen LogP contribution in [0.5, 0.6) is 11.5 Å². The summed E-state index contributed by atoms with van der Waals surface area (Å²) in [6.07, 6.45) is 0.794. The SMILES string of the molecule is O=S(=O)(NC1CNC1)c1ccc2c(c1)OCCCO2. The highest BCUT2D eigenvalue weighted by Gasteiger charge is 2.25. The van der Waals surface area contributed by atoms with Gasteiger partial charge in [-0.25, -0.2) is 13.1 Å². The van der Waals surface area contributed by atoms with Crippen molar-refractivity contribution in [2.75, 3.05) is 26.3 Å². The van der Waals surface area contributed by atoms with Crippen molar-refractivity contribution < 1.29 is 17.9 Å². The second-order valence-electron chi connectivity index (χ2n) is 4.64. The first-order valence-electron chi connectivity index (χ1n) is 6.28. The average molecular weight is 284 g/mol. The molecule has 104 valence electrons. The molecule has 6 nitrogen and oxygen atoms in total. The minimum atomic E-state index is -3.49. The molecule has 2 aliphatic rings. The van der Waals surface area contributed by atoms with E-state index in [2.05, 4.69) is 10.0 Å². The molecular weight excluding hydrogens is 268 g/mol. The van der Waals surface area contributed by atoms with E-state index < -0.39 is 10.0 Å². The Morgan fingerprint density at radius 1 is 1.16 bits per heavy atom. The van der Waals surface area contributed by atoms with Gasteiger partial charge in [0.15, 0.2) is 11.5 Å². The van der Waals surface area contributed by atoms with E-state index in [1.54, 1.807) is 12.1 Å². The number of rotatable bonds is 3. The molecule has 2 aliphatic heterocycles. The van der Waals surface area contributed by atoms with Crippen LogP contribution in [0.4, 0.5) is 0 Å². The molecule has 0 spiro atoms. The first-order valence-corrected chi connectivity index (χ1v) is 7.76. The maximum Gasteiger partial charge on any atom is 0.241 e. The van der Waals surface area contributed by atoms with Crippen LogP contribution in [0, 0.1) is 0 Å². The Hall–Kier alpha value is -1.31. The minimum Gasteiger partial charge on any atom is -0.490 e. The molecule has 0 aliphatic carbocycles. The summed E-state index contributed by atoms with van der Waals surface area (Å²) in [5, 5.41) is 3.02. The van der Waals surface area contributed by atoms with E-state index in [1.165, 1.54) is 6.07 Å². The van der Waals surface area contributed by atoms with Gasteiger partial charge < -0.3 is 14.8 Å². The molecular formula is C12H16N2O4S. The third kappa shape index (κ3) is 2.68. The molecule has 0 atom stereocenters. The fourth-order valence-electron chi connectivity index (χ4n) is 1.97. The quantitative estimate of drug-likeness (QED) is 0.823. The van der Waals surface area contributed by atoms with Crippen LogP contribution >= 0.6 is 0 Å². The van der Waals surface area contributed by atoms with E-state index in [0.29, 0.717) is 37.8 Å². The largest absolute Gasteiger partial charge is 0.490 e. The van der Waals surface area contributed by atoms with Crippen molar-refractivity contribution in [3.8, 4) is 11.5 Å². The van der Waals surface area contributed by atoms with Crippen LogP contribution in [-0.2, 0) is 10.0 Å². The van der Waals surface area contributed by atoms with Gasteiger partial charge >= 0.3 is 0 Å². The van der Waals surface area contributed by atoms with Gasteiger partial charge in [-0.05, 0) is 12.1 Å². The minimum absolute atomic E-state index is 0.0269. The third-order valence-corrected chi connectivity index (χ3v) is 4.65. The van der Waals surface area contributed by atoms with Crippen LogP contribution in [0.2, 0.25) is 0 Å². The standard InChI is InChI=1S/C12H16N2O4S/c15-19(16,14-9-7-13-8-9)10-2-3-11-12(6-10)18-5-1-4-17-11/h2-3,6,9,13-14H,1,4-5,7-8H2. The summed E-state index contributed by atoms with van der Waals surface area (Å²) in [5.41, 5.74) is 0. The number of hydrogen-bond acceptors (Lipinski definition) is 5. The molecule has 1 aromatic carbocycles. The van der Waals surface area contributed by atoms with Crippen molar-refractivity contribution in [1.82, 2.24) is 10.0 Å². The molecule has 0 unspecified atom stereocenters. The van der Waals surface area contributed by atoms with Crippen molar-refractivity contribution >= 4 is 10.0 Å². The molecule has 3 rings (SSSR count). The number of benzene rings is 1. The van der Waals surface area contributed by atoms with Crippen molar-refractivity contribution in [3.05, 3.63) is 18.2 Å². The Morgan fingerprint density at radius 2 is 1.89 bits per heavy atom. The normalized spacial score (nSPS) is 19.6. The number of sulfonamides is 1. The summed E-state index contributed by atoms with van der Waals surface area (Å²) in [6.45, 7) is 2.47. The van der Waals surface area contributed by atoms with E-state index in [1.807, 2.05) is 0 Å². The number of ether oxygens (including phenoxy) is 2. The van der Waals surface area contributed by atoms with E-state index in [0.717, 1.165) is 6.42 Å². The monoisotopic (exact) mass is 284 g/mol. The number of nitrogens with one attached hydrogen (secondary N) is 2. The van der Waals surface area contributed by atoms with E-state index >= 15 is 0 Å². The predicted octanol–water partition coefficient (Wildman–Crippen LogP) is 0.0980. The topological polar surface area (TPSA) is 76.7 Å². The third-order valence-electron chi connectivity index (χ3n) is 3.13. The second-order valence-corrected chi connectivity index (χ2v) is 6.35. The zero-order valence-electron chi connectivity index (χ0n) is 10.4. The lowest BCUT2D eigenvalue weighted by Gasteiger charge is -2.27. The van der Waals surface area contributed by atoms with Crippen LogP contribution < -0.4 is 19.5 Å². The second kappa shape index (κ2) is 4.99. The molecule has 0 amide bonds. The summed E-state index contributed by atoms with van der Waals surface area (Å²) in [7, 11) is -3.49. The van der Waals surface area contributed by atoms with Gasteiger partial charge in [-0.1, -0.05) is 0 Å². The lowest BCUT2D eigenvalue weighted by molar-refractivity contribution is 0.297. The lowest BCUT2D eigenvalue weighted by atomic mass is 10.2. The predicted molar refractivity (Wildman–Crippen MR) is 69.0 cm³/mol. The Kier molecular flexibility index (Phi) is 3.34. The van der Waals surface area contributed by atoms with E-state index in [4.69, 9.17) is 9.47 Å². The molecule has 0 radical (unpaired) electrons. The lowest BCUT2D eigenvalue weighted by Crippen LogP contribution is -2.56. The van der Waals surface area contributed by atoms with Crippen LogP contribution in [0.3, 0.4) is 0 Å². The van der Waals surface area contributed by atoms with Gasteiger partial charge in [0, 0.05) is 31.6 Å². The van der Waals surface area contributed by atoms with Crippen LogP contribution in [0.25, 0.3) is 0 Å². The first-order chi connectivity index (χ1) is 9.15. The molecule has 1 aromatic rings. The Bertz CT molecular complexity index is 569. The maximum atomic E-state index is 12.2. The highest BCUT2D eigenvalue weighted by molar-refractivity contribution is 7.89. The van der Waals surface area contributed by atoms with Gasteiger partial charge in [0.05, 0.1) is 18.1 Å². The molecule has 1 saturated heterocycles. The fraction of sp³-hybridized carbons (Fsp3) is 0.500. The first kappa shape index (κ1) is 12.7. The summed E-state index contributed by atoms with van der Waals surface area (Å²) in [4.78, 5) is 0.212. The highest BCUT2D eigenvalue weighted by Crippen LogP contribution is 2.31. The highest BCUT2D eigenvalue weighted by atomic mass is 32.2. The Balaban J connectivity index is 1.86.